The Bertz CT molecular complexity index is 1510. The quantitative estimate of drug-likeness (QED) is 0.372. The zero-order valence-electron chi connectivity index (χ0n) is 23.2. The number of carbonyl (C=O) groups excluding carboxylic acids is 1. The van der Waals surface area contributed by atoms with Crippen LogP contribution in [0.2, 0.25) is 0 Å². The van der Waals surface area contributed by atoms with E-state index in [-0.39, 0.29) is 41.3 Å². The van der Waals surface area contributed by atoms with Gasteiger partial charge in [-0.3, -0.25) is 9.59 Å². The minimum atomic E-state index is -3.95. The van der Waals surface area contributed by atoms with Crippen molar-refractivity contribution in [3.05, 3.63) is 40.1 Å². The van der Waals surface area contributed by atoms with E-state index in [0.717, 1.165) is 12.8 Å². The van der Waals surface area contributed by atoms with E-state index >= 15 is 0 Å². The van der Waals surface area contributed by atoms with Gasteiger partial charge in [0.05, 0.1) is 35.3 Å². The van der Waals surface area contributed by atoms with Gasteiger partial charge in [-0.15, -0.1) is 5.10 Å². The molecule has 0 saturated carbocycles. The maximum Gasteiger partial charge on any atom is 0.310 e. The van der Waals surface area contributed by atoms with E-state index in [1.807, 2.05) is 6.92 Å². The summed E-state index contributed by atoms with van der Waals surface area (Å²) in [6.07, 6.45) is 2.80. The molecule has 1 fully saturated rings. The van der Waals surface area contributed by atoms with E-state index in [0.29, 0.717) is 54.3 Å². The summed E-state index contributed by atoms with van der Waals surface area (Å²) < 4.78 is 41.2. The molecule has 11 nitrogen and oxygen atoms in total. The van der Waals surface area contributed by atoms with Crippen molar-refractivity contribution in [2.45, 2.75) is 71.1 Å². The molecular formula is C27H37N5O6S. The smallest absolute Gasteiger partial charge is 0.310 e. The van der Waals surface area contributed by atoms with Gasteiger partial charge in [0.15, 0.2) is 11.3 Å². The molecule has 3 heterocycles. The Hall–Kier alpha value is -3.25. The molecule has 1 aliphatic heterocycles. The highest BCUT2D eigenvalue weighted by molar-refractivity contribution is 7.89. The van der Waals surface area contributed by atoms with Crippen LogP contribution in [0.3, 0.4) is 0 Å². The van der Waals surface area contributed by atoms with Crippen LogP contribution in [-0.4, -0.2) is 64.6 Å². The number of esters is 1. The van der Waals surface area contributed by atoms with Gasteiger partial charge >= 0.3 is 5.97 Å². The summed E-state index contributed by atoms with van der Waals surface area (Å²) in [5.74, 6) is 0.481. The van der Waals surface area contributed by atoms with Gasteiger partial charge in [0.25, 0.3) is 5.56 Å². The third kappa shape index (κ3) is 5.58. The third-order valence-electron chi connectivity index (χ3n) is 7.20. The van der Waals surface area contributed by atoms with Crippen molar-refractivity contribution < 1.29 is 22.7 Å². The molecule has 1 atom stereocenters. The molecule has 3 aromatic rings. The Morgan fingerprint density at radius 2 is 1.92 bits per heavy atom. The highest BCUT2D eigenvalue weighted by Gasteiger charge is 2.34. The fraction of sp³-hybridized carbons (Fsp3) is 0.556. The number of imidazole rings is 1. The lowest BCUT2D eigenvalue weighted by Crippen LogP contribution is -2.42. The number of hydrogen-bond acceptors (Lipinski definition) is 8. The number of aromatic nitrogens is 4. The lowest BCUT2D eigenvalue weighted by Gasteiger charge is -2.30. The van der Waals surface area contributed by atoms with E-state index in [1.54, 1.807) is 24.4 Å². The van der Waals surface area contributed by atoms with Crippen LogP contribution in [0.15, 0.2) is 27.9 Å². The van der Waals surface area contributed by atoms with E-state index in [2.05, 4.69) is 23.8 Å². The lowest BCUT2D eigenvalue weighted by molar-refractivity contribution is -0.149. The van der Waals surface area contributed by atoms with Crippen molar-refractivity contribution in [1.29, 1.82) is 0 Å². The molecule has 1 aliphatic rings. The second-order valence-corrected chi connectivity index (χ2v) is 11.6. The lowest BCUT2D eigenvalue weighted by atomic mass is 10.0. The van der Waals surface area contributed by atoms with E-state index in [4.69, 9.17) is 14.6 Å². The monoisotopic (exact) mass is 559 g/mol. The van der Waals surface area contributed by atoms with E-state index in [9.17, 15) is 18.0 Å². The molecular weight excluding hydrogens is 522 g/mol. The fourth-order valence-corrected chi connectivity index (χ4v) is 6.68. The predicted molar refractivity (Wildman–Crippen MR) is 146 cm³/mol. The van der Waals surface area contributed by atoms with Crippen LogP contribution >= 0.6 is 0 Å². The number of benzene rings is 1. The van der Waals surface area contributed by atoms with Crippen molar-refractivity contribution in [2.24, 2.45) is 5.92 Å². The first-order chi connectivity index (χ1) is 18.7. The number of sulfonamides is 1. The predicted octanol–water partition coefficient (Wildman–Crippen LogP) is 3.66. The third-order valence-corrected chi connectivity index (χ3v) is 9.06. The number of ether oxygens (including phenoxy) is 2. The fourth-order valence-electron chi connectivity index (χ4n) is 5.13. The van der Waals surface area contributed by atoms with Crippen molar-refractivity contribution in [1.82, 2.24) is 23.9 Å². The van der Waals surface area contributed by atoms with Gasteiger partial charge in [-0.1, -0.05) is 13.8 Å². The van der Waals surface area contributed by atoms with Gasteiger partial charge < -0.3 is 14.5 Å². The maximum absolute atomic E-state index is 13.7. The number of rotatable bonds is 10. The normalized spacial score (nSPS) is 16.6. The Kier molecular flexibility index (Phi) is 8.75. The Labute approximate surface area is 228 Å². The Morgan fingerprint density at radius 1 is 1.18 bits per heavy atom. The average molecular weight is 560 g/mol. The van der Waals surface area contributed by atoms with Crippen LogP contribution < -0.4 is 10.3 Å². The molecule has 1 unspecified atom stereocenters. The number of nitrogens with zero attached hydrogens (tertiary/aromatic N) is 4. The maximum atomic E-state index is 13.7. The van der Waals surface area contributed by atoms with Crippen LogP contribution in [0.4, 0.5) is 0 Å². The standard InChI is InChI=1S/C27H37N5O6S/c1-6-18(7-2)25-28-17(5)23-26(33)29-24(30-32(23)25)21-15-20(12-13-22(21)37-8-3)39(35,36)31-14-10-11-19(16-31)27(34)38-9-4/h12-13,15,18-19H,6-11,14,16H2,1-5H3,(H,29,30,33). The molecule has 12 heteroatoms. The largest absolute Gasteiger partial charge is 0.493 e. The van der Waals surface area contributed by atoms with Gasteiger partial charge in [-0.25, -0.2) is 17.9 Å². The SMILES string of the molecule is CCOC(=O)C1CCCN(S(=O)(=O)c2ccc(OCC)c(-c3nn4c(C(CC)CC)nc(C)c4c(=O)[nH]3)c2)C1. The summed E-state index contributed by atoms with van der Waals surface area (Å²) in [5, 5.41) is 4.73. The van der Waals surface area contributed by atoms with Crippen LogP contribution in [0, 0.1) is 12.8 Å². The number of nitrogens with one attached hydrogen (secondary N) is 1. The van der Waals surface area contributed by atoms with Gasteiger partial charge in [0, 0.05) is 19.0 Å². The summed E-state index contributed by atoms with van der Waals surface area (Å²) in [4.78, 5) is 33.0. The summed E-state index contributed by atoms with van der Waals surface area (Å²) >= 11 is 0. The number of piperidine rings is 1. The average Bonchev–Trinajstić information content (AvgIpc) is 3.26. The van der Waals surface area contributed by atoms with Crippen LogP contribution in [0.5, 0.6) is 5.75 Å². The molecule has 0 aliphatic carbocycles. The molecule has 39 heavy (non-hydrogen) atoms. The summed E-state index contributed by atoms with van der Waals surface area (Å²) in [6, 6.07) is 4.52. The van der Waals surface area contributed by atoms with Crippen molar-refractivity contribution in [2.75, 3.05) is 26.3 Å². The summed E-state index contributed by atoms with van der Waals surface area (Å²) in [5.41, 5.74) is 0.921. The topological polar surface area (TPSA) is 136 Å². The minimum Gasteiger partial charge on any atom is -0.493 e. The van der Waals surface area contributed by atoms with Crippen molar-refractivity contribution >= 4 is 21.5 Å². The number of aryl methyl sites for hydroxylation is 1. The van der Waals surface area contributed by atoms with Crippen molar-refractivity contribution in [3.63, 3.8) is 0 Å². The summed E-state index contributed by atoms with van der Waals surface area (Å²) in [6.45, 7) is 10.4. The van der Waals surface area contributed by atoms with Gasteiger partial charge in [-0.2, -0.15) is 4.31 Å². The number of fused-ring (bicyclic) bond motifs is 1. The molecule has 4 rings (SSSR count). The first kappa shape index (κ1) is 28.8. The van der Waals surface area contributed by atoms with Gasteiger partial charge in [-0.05, 0) is 64.7 Å². The Morgan fingerprint density at radius 3 is 2.59 bits per heavy atom. The second-order valence-electron chi connectivity index (χ2n) is 9.68. The van der Waals surface area contributed by atoms with Crippen LogP contribution in [0.1, 0.15) is 70.8 Å². The zero-order valence-corrected chi connectivity index (χ0v) is 24.0. The molecule has 2 aromatic heterocycles. The summed E-state index contributed by atoms with van der Waals surface area (Å²) in [7, 11) is -3.95. The minimum absolute atomic E-state index is 0.0234. The molecule has 1 N–H and O–H groups in total. The van der Waals surface area contributed by atoms with E-state index < -0.39 is 15.9 Å². The second kappa shape index (κ2) is 11.9. The highest BCUT2D eigenvalue weighted by atomic mass is 32.2. The molecule has 0 radical (unpaired) electrons. The Balaban J connectivity index is 1.81. The molecule has 212 valence electrons. The molecule has 1 aromatic carbocycles. The van der Waals surface area contributed by atoms with Crippen molar-refractivity contribution in [3.8, 4) is 17.1 Å². The highest BCUT2D eigenvalue weighted by Crippen LogP contribution is 2.33. The number of carbonyl (C=O) groups is 1. The van der Waals surface area contributed by atoms with Crippen LogP contribution in [0.25, 0.3) is 16.9 Å². The molecule has 0 spiro atoms. The van der Waals surface area contributed by atoms with Gasteiger partial charge in [0.2, 0.25) is 10.0 Å². The zero-order chi connectivity index (χ0) is 28.3. The first-order valence-electron chi connectivity index (χ1n) is 13.6. The number of hydrogen-bond donors (Lipinski definition) is 1. The molecule has 0 amide bonds. The molecule has 0 bridgehead atoms. The van der Waals surface area contributed by atoms with Crippen LogP contribution in [-0.2, 0) is 19.6 Å². The number of H-pyrrole nitrogens is 1. The van der Waals surface area contributed by atoms with E-state index in [1.165, 1.54) is 16.4 Å². The molecule has 1 saturated heterocycles. The first-order valence-corrected chi connectivity index (χ1v) is 15.0. The number of aromatic amines is 1. The van der Waals surface area contributed by atoms with Gasteiger partial charge in [0.1, 0.15) is 11.6 Å².